The van der Waals surface area contributed by atoms with E-state index < -0.39 is 21.8 Å². The number of carbonyl (C=O) groups is 2. The summed E-state index contributed by atoms with van der Waals surface area (Å²) in [6.07, 6.45) is 1.31. The van der Waals surface area contributed by atoms with Crippen LogP contribution in [-0.4, -0.2) is 43.5 Å². The monoisotopic (exact) mass is 310 g/mol. The second-order valence-corrected chi connectivity index (χ2v) is 7.26. The van der Waals surface area contributed by atoms with E-state index >= 15 is 0 Å². The van der Waals surface area contributed by atoms with E-state index in [0.29, 0.717) is 18.5 Å². The maximum absolute atomic E-state index is 12.4. The first-order valence-corrected chi connectivity index (χ1v) is 8.45. The van der Waals surface area contributed by atoms with Crippen LogP contribution >= 0.6 is 0 Å². The van der Waals surface area contributed by atoms with E-state index in [9.17, 15) is 18.0 Å². The molecule has 1 heterocycles. The fourth-order valence-corrected chi connectivity index (χ4v) is 3.33. The summed E-state index contributed by atoms with van der Waals surface area (Å²) < 4.78 is 23.4. The second kappa shape index (κ2) is 5.85. The molecule has 0 saturated carbocycles. The Hall–Kier alpha value is -1.89. The van der Waals surface area contributed by atoms with E-state index in [1.54, 1.807) is 6.92 Å². The van der Waals surface area contributed by atoms with Gasteiger partial charge in [0.2, 0.25) is 5.91 Å². The van der Waals surface area contributed by atoms with E-state index in [-0.39, 0.29) is 16.6 Å². The third-order valence-electron chi connectivity index (χ3n) is 3.68. The molecule has 6 nitrogen and oxygen atoms in total. The van der Waals surface area contributed by atoms with Gasteiger partial charge in [-0.2, -0.15) is 0 Å². The van der Waals surface area contributed by atoms with E-state index in [4.69, 9.17) is 5.73 Å². The molecule has 0 unspecified atom stereocenters. The molecular weight excluding hydrogens is 292 g/mol. The van der Waals surface area contributed by atoms with Gasteiger partial charge in [0.05, 0.1) is 10.6 Å². The molecule has 0 bridgehead atoms. The Kier molecular flexibility index (Phi) is 4.32. The first kappa shape index (κ1) is 15.5. The highest BCUT2D eigenvalue weighted by molar-refractivity contribution is 7.91. The number of rotatable bonds is 4. The normalized spacial score (nSPS) is 18.7. The number of primary amides is 1. The van der Waals surface area contributed by atoms with Crippen LogP contribution in [-0.2, 0) is 14.6 Å². The molecule has 0 radical (unpaired) electrons. The van der Waals surface area contributed by atoms with Gasteiger partial charge in [0.1, 0.15) is 6.04 Å². The van der Waals surface area contributed by atoms with Gasteiger partial charge in [0, 0.05) is 12.1 Å². The predicted molar refractivity (Wildman–Crippen MR) is 77.4 cm³/mol. The SMILES string of the molecule is CCS(=O)(=O)c1ccc(C(=O)N2CCC[C@H]2C(N)=O)cc1. The molecule has 1 aliphatic heterocycles. The van der Waals surface area contributed by atoms with Crippen molar-refractivity contribution in [2.24, 2.45) is 5.73 Å². The molecule has 2 rings (SSSR count). The highest BCUT2D eigenvalue weighted by Gasteiger charge is 2.33. The Morgan fingerprint density at radius 1 is 1.29 bits per heavy atom. The van der Waals surface area contributed by atoms with Crippen molar-refractivity contribution < 1.29 is 18.0 Å². The number of hydrogen-bond acceptors (Lipinski definition) is 4. The molecule has 1 saturated heterocycles. The van der Waals surface area contributed by atoms with Crippen LogP contribution in [0.2, 0.25) is 0 Å². The zero-order chi connectivity index (χ0) is 15.6. The lowest BCUT2D eigenvalue weighted by Crippen LogP contribution is -2.43. The standard InChI is InChI=1S/C14H18N2O4S/c1-2-21(19,20)11-7-5-10(6-8-11)14(18)16-9-3-4-12(16)13(15)17/h5-8,12H,2-4,9H2,1H3,(H2,15,17)/t12-/m0/s1. The lowest BCUT2D eigenvalue weighted by atomic mass is 10.1. The lowest BCUT2D eigenvalue weighted by molar-refractivity contribution is -0.121. The molecule has 2 amide bonds. The van der Waals surface area contributed by atoms with Crippen molar-refractivity contribution >= 4 is 21.7 Å². The number of likely N-dealkylation sites (tertiary alicyclic amines) is 1. The number of amides is 2. The van der Waals surface area contributed by atoms with Crippen LogP contribution in [0.15, 0.2) is 29.2 Å². The van der Waals surface area contributed by atoms with Crippen molar-refractivity contribution in [2.75, 3.05) is 12.3 Å². The average Bonchev–Trinajstić information content (AvgIpc) is 2.96. The summed E-state index contributed by atoms with van der Waals surface area (Å²) in [6, 6.07) is 5.21. The quantitative estimate of drug-likeness (QED) is 0.879. The molecule has 0 spiro atoms. The smallest absolute Gasteiger partial charge is 0.254 e. The van der Waals surface area contributed by atoms with Crippen molar-refractivity contribution in [3.05, 3.63) is 29.8 Å². The molecule has 114 valence electrons. The van der Waals surface area contributed by atoms with E-state index in [0.717, 1.165) is 6.42 Å². The van der Waals surface area contributed by atoms with Gasteiger partial charge in [-0.1, -0.05) is 6.92 Å². The maximum Gasteiger partial charge on any atom is 0.254 e. The largest absolute Gasteiger partial charge is 0.368 e. The van der Waals surface area contributed by atoms with Gasteiger partial charge < -0.3 is 10.6 Å². The number of benzene rings is 1. The summed E-state index contributed by atoms with van der Waals surface area (Å²) in [6.45, 7) is 2.05. The Morgan fingerprint density at radius 3 is 2.43 bits per heavy atom. The summed E-state index contributed by atoms with van der Waals surface area (Å²) in [7, 11) is -3.28. The lowest BCUT2D eigenvalue weighted by Gasteiger charge is -2.22. The van der Waals surface area contributed by atoms with E-state index in [2.05, 4.69) is 0 Å². The van der Waals surface area contributed by atoms with Crippen molar-refractivity contribution in [3.63, 3.8) is 0 Å². The summed E-state index contributed by atoms with van der Waals surface area (Å²) in [4.78, 5) is 25.3. The number of nitrogens with zero attached hydrogens (tertiary/aromatic N) is 1. The van der Waals surface area contributed by atoms with Gasteiger partial charge >= 0.3 is 0 Å². The first-order valence-electron chi connectivity index (χ1n) is 6.80. The summed E-state index contributed by atoms with van der Waals surface area (Å²) in [5.74, 6) is -0.793. The van der Waals surface area contributed by atoms with Crippen molar-refractivity contribution in [1.29, 1.82) is 0 Å². The minimum atomic E-state index is -3.28. The zero-order valence-electron chi connectivity index (χ0n) is 11.8. The van der Waals surface area contributed by atoms with E-state index in [1.165, 1.54) is 29.2 Å². The Bertz CT molecular complexity index is 652. The van der Waals surface area contributed by atoms with Crippen molar-refractivity contribution in [1.82, 2.24) is 4.90 Å². The van der Waals surface area contributed by atoms with Crippen LogP contribution in [0.5, 0.6) is 0 Å². The summed E-state index contributed by atoms with van der Waals surface area (Å²) in [5.41, 5.74) is 5.65. The third-order valence-corrected chi connectivity index (χ3v) is 5.43. The number of nitrogens with two attached hydrogens (primary N) is 1. The van der Waals surface area contributed by atoms with Gasteiger partial charge in [0.25, 0.3) is 5.91 Å². The summed E-state index contributed by atoms with van der Waals surface area (Å²) >= 11 is 0. The molecule has 1 aromatic carbocycles. The number of carbonyl (C=O) groups excluding carboxylic acids is 2. The highest BCUT2D eigenvalue weighted by Crippen LogP contribution is 2.21. The van der Waals surface area contributed by atoms with E-state index in [1.807, 2.05) is 0 Å². The predicted octanol–water partition coefficient (Wildman–Crippen LogP) is 0.570. The number of hydrogen-bond donors (Lipinski definition) is 1. The van der Waals surface area contributed by atoms with Gasteiger partial charge in [-0.15, -0.1) is 0 Å². The van der Waals surface area contributed by atoms with Crippen molar-refractivity contribution in [2.45, 2.75) is 30.7 Å². The molecule has 0 aliphatic carbocycles. The third kappa shape index (κ3) is 3.07. The van der Waals surface area contributed by atoms with Crippen molar-refractivity contribution in [3.8, 4) is 0 Å². The Balaban J connectivity index is 2.23. The summed E-state index contributed by atoms with van der Waals surface area (Å²) in [5, 5.41) is 0. The maximum atomic E-state index is 12.4. The molecule has 1 fully saturated rings. The molecule has 0 aromatic heterocycles. The minimum absolute atomic E-state index is 0.0101. The van der Waals surface area contributed by atoms with Crippen LogP contribution in [0.3, 0.4) is 0 Å². The van der Waals surface area contributed by atoms with Gasteiger partial charge in [-0.05, 0) is 37.1 Å². The van der Waals surface area contributed by atoms with Crippen LogP contribution < -0.4 is 5.73 Å². The zero-order valence-corrected chi connectivity index (χ0v) is 12.6. The van der Waals surface area contributed by atoms with Crippen LogP contribution in [0.25, 0.3) is 0 Å². The Labute approximate surface area is 123 Å². The molecular formula is C14H18N2O4S. The molecule has 1 atom stereocenters. The molecule has 2 N–H and O–H groups in total. The van der Waals surface area contributed by atoms with Gasteiger partial charge in [-0.25, -0.2) is 8.42 Å². The van der Waals surface area contributed by atoms with Crippen LogP contribution in [0.4, 0.5) is 0 Å². The minimum Gasteiger partial charge on any atom is -0.368 e. The van der Waals surface area contributed by atoms with Crippen LogP contribution in [0.1, 0.15) is 30.1 Å². The first-order chi connectivity index (χ1) is 9.86. The van der Waals surface area contributed by atoms with Crippen LogP contribution in [0, 0.1) is 0 Å². The fourth-order valence-electron chi connectivity index (χ4n) is 2.44. The van der Waals surface area contributed by atoms with Gasteiger partial charge in [-0.3, -0.25) is 9.59 Å². The molecule has 1 aliphatic rings. The molecule has 1 aromatic rings. The topological polar surface area (TPSA) is 97.5 Å². The fraction of sp³-hybridized carbons (Fsp3) is 0.429. The molecule has 21 heavy (non-hydrogen) atoms. The highest BCUT2D eigenvalue weighted by atomic mass is 32.2. The second-order valence-electron chi connectivity index (χ2n) is 4.99. The molecule has 7 heteroatoms. The number of sulfone groups is 1. The average molecular weight is 310 g/mol. The van der Waals surface area contributed by atoms with Gasteiger partial charge in [0.15, 0.2) is 9.84 Å². The Morgan fingerprint density at radius 2 is 1.90 bits per heavy atom.